The zero-order valence-electron chi connectivity index (χ0n) is 16.5. The van der Waals surface area contributed by atoms with Crippen molar-refractivity contribution in [3.8, 4) is 17.0 Å². The van der Waals surface area contributed by atoms with E-state index in [1.807, 2.05) is 48.0 Å². The standard InChI is InChI=1S/C20H23N4O3.ClH/c1-14(25)22(4)18-7-6-8-19-23(5)17(13-24(18)19)15-9-11-16(12-10-15)27-20(26)21(2)3;/h6-13H,1-5H3;1H/q+1;/p-1. The fraction of sp³-hybridized carbons (Fsp3) is 0.250. The molecule has 28 heavy (non-hydrogen) atoms. The Hall–Kier alpha value is -3.06. The molecule has 0 aliphatic carbocycles. The highest BCUT2D eigenvalue weighted by atomic mass is 35.5. The third-order valence-electron chi connectivity index (χ3n) is 4.48. The first-order chi connectivity index (χ1) is 12.8. The van der Waals surface area contributed by atoms with Crippen LogP contribution in [-0.4, -0.2) is 42.6 Å². The number of benzene rings is 1. The zero-order valence-corrected chi connectivity index (χ0v) is 17.3. The molecule has 0 atom stereocenters. The van der Waals surface area contributed by atoms with Crippen molar-refractivity contribution in [1.82, 2.24) is 9.47 Å². The molecule has 0 unspecified atom stereocenters. The molecule has 148 valence electrons. The molecule has 8 heteroatoms. The van der Waals surface area contributed by atoms with Gasteiger partial charge in [-0.2, -0.15) is 0 Å². The van der Waals surface area contributed by atoms with Gasteiger partial charge in [0.1, 0.15) is 17.6 Å². The molecule has 7 nitrogen and oxygen atoms in total. The maximum Gasteiger partial charge on any atom is 0.414 e. The number of anilines is 1. The second-order valence-electron chi connectivity index (χ2n) is 6.55. The van der Waals surface area contributed by atoms with Crippen molar-refractivity contribution in [3.63, 3.8) is 0 Å². The number of hydrogen-bond acceptors (Lipinski definition) is 3. The number of halogens is 1. The summed E-state index contributed by atoms with van der Waals surface area (Å²) in [5.74, 6) is 1.24. The van der Waals surface area contributed by atoms with Gasteiger partial charge in [0.05, 0.1) is 14.1 Å². The van der Waals surface area contributed by atoms with Gasteiger partial charge in [0.2, 0.25) is 11.5 Å². The van der Waals surface area contributed by atoms with E-state index in [2.05, 4.69) is 4.57 Å². The number of hydrogen-bond donors (Lipinski definition) is 0. The molecule has 3 rings (SSSR count). The van der Waals surface area contributed by atoms with E-state index >= 15 is 0 Å². The number of amides is 2. The summed E-state index contributed by atoms with van der Waals surface area (Å²) < 4.78 is 9.30. The van der Waals surface area contributed by atoms with Crippen LogP contribution in [0.2, 0.25) is 0 Å². The summed E-state index contributed by atoms with van der Waals surface area (Å²) in [7, 11) is 7.01. The molecular weight excluding hydrogens is 380 g/mol. The van der Waals surface area contributed by atoms with Crippen LogP contribution in [0, 0.1) is 0 Å². The number of carbonyl (C=O) groups excluding carboxylic acids is 2. The second-order valence-corrected chi connectivity index (χ2v) is 6.55. The van der Waals surface area contributed by atoms with E-state index in [4.69, 9.17) is 4.74 Å². The SMILES string of the molecule is CC(=O)N(C)c1cccc2n(C)c(-c3ccc(OC(=O)N(C)C)cc3)c[n+]12.[Cl-]. The fourth-order valence-corrected chi connectivity index (χ4v) is 2.82. The van der Waals surface area contributed by atoms with Crippen molar-refractivity contribution in [2.45, 2.75) is 6.92 Å². The summed E-state index contributed by atoms with van der Waals surface area (Å²) in [6.07, 6.45) is 1.57. The molecule has 0 radical (unpaired) electrons. The van der Waals surface area contributed by atoms with Gasteiger partial charge in [0.15, 0.2) is 0 Å². The highest BCUT2D eigenvalue weighted by Gasteiger charge is 2.21. The van der Waals surface area contributed by atoms with Gasteiger partial charge < -0.3 is 22.0 Å². The summed E-state index contributed by atoms with van der Waals surface area (Å²) in [4.78, 5) is 26.4. The van der Waals surface area contributed by atoms with Gasteiger partial charge in [0, 0.05) is 38.7 Å². The molecule has 1 aromatic carbocycles. The Kier molecular flexibility index (Phi) is 6.30. The lowest BCUT2D eigenvalue weighted by Gasteiger charge is -2.10. The number of ether oxygens (including phenoxy) is 1. The molecule has 0 saturated carbocycles. The van der Waals surface area contributed by atoms with Crippen LogP contribution in [0.5, 0.6) is 5.75 Å². The summed E-state index contributed by atoms with van der Waals surface area (Å²) >= 11 is 0. The van der Waals surface area contributed by atoms with E-state index in [1.165, 1.54) is 11.8 Å². The van der Waals surface area contributed by atoms with Crippen molar-refractivity contribution < 1.29 is 31.1 Å². The van der Waals surface area contributed by atoms with Crippen LogP contribution in [0.3, 0.4) is 0 Å². The molecule has 2 heterocycles. The Balaban J connectivity index is 0.00000280. The Labute approximate surface area is 170 Å². The molecule has 0 aliphatic rings. The normalized spacial score (nSPS) is 10.3. The molecule has 0 spiro atoms. The van der Waals surface area contributed by atoms with Gasteiger partial charge in [-0.15, -0.1) is 0 Å². The van der Waals surface area contributed by atoms with Crippen LogP contribution in [0.4, 0.5) is 10.6 Å². The smallest absolute Gasteiger partial charge is 0.414 e. The minimum Gasteiger partial charge on any atom is -1.00 e. The van der Waals surface area contributed by atoms with Crippen LogP contribution in [0.15, 0.2) is 48.7 Å². The first-order valence-electron chi connectivity index (χ1n) is 8.53. The van der Waals surface area contributed by atoms with Crippen molar-refractivity contribution in [1.29, 1.82) is 0 Å². The number of nitrogens with zero attached hydrogens (tertiary/aromatic N) is 4. The zero-order chi connectivity index (χ0) is 19.7. The lowest BCUT2D eigenvalue weighted by molar-refractivity contribution is -0.496. The van der Waals surface area contributed by atoms with E-state index in [0.717, 1.165) is 22.7 Å². The van der Waals surface area contributed by atoms with E-state index in [-0.39, 0.29) is 18.3 Å². The third-order valence-corrected chi connectivity index (χ3v) is 4.48. The Morgan fingerprint density at radius 3 is 2.25 bits per heavy atom. The summed E-state index contributed by atoms with van der Waals surface area (Å²) in [5.41, 5.74) is 2.91. The molecule has 3 aromatic rings. The number of imidazole rings is 1. The van der Waals surface area contributed by atoms with Gasteiger partial charge in [-0.05, 0) is 30.3 Å². The van der Waals surface area contributed by atoms with Gasteiger partial charge in [0.25, 0.3) is 5.91 Å². The van der Waals surface area contributed by atoms with Crippen molar-refractivity contribution in [2.75, 3.05) is 26.0 Å². The van der Waals surface area contributed by atoms with Crippen molar-refractivity contribution >= 4 is 23.5 Å². The highest BCUT2D eigenvalue weighted by molar-refractivity contribution is 5.89. The number of pyridine rings is 1. The first kappa shape index (κ1) is 21.2. The van der Waals surface area contributed by atoms with E-state index in [1.54, 1.807) is 38.2 Å². The summed E-state index contributed by atoms with van der Waals surface area (Å²) in [6.45, 7) is 1.54. The molecule has 2 amide bonds. The van der Waals surface area contributed by atoms with E-state index < -0.39 is 6.09 Å². The quantitative estimate of drug-likeness (QED) is 0.554. The van der Waals surface area contributed by atoms with Gasteiger partial charge in [-0.25, -0.2) is 14.1 Å². The Bertz CT molecular complexity index is 1010. The van der Waals surface area contributed by atoms with Gasteiger partial charge >= 0.3 is 6.09 Å². The van der Waals surface area contributed by atoms with Gasteiger partial charge in [-0.1, -0.05) is 0 Å². The van der Waals surface area contributed by atoms with E-state index in [9.17, 15) is 9.59 Å². The fourth-order valence-electron chi connectivity index (χ4n) is 2.82. The molecule has 0 aliphatic heterocycles. The Morgan fingerprint density at radius 1 is 1.04 bits per heavy atom. The summed E-state index contributed by atoms with van der Waals surface area (Å²) in [5, 5.41) is 0. The van der Waals surface area contributed by atoms with Crippen molar-refractivity contribution in [2.24, 2.45) is 7.05 Å². The number of fused-ring (bicyclic) bond motifs is 1. The topological polar surface area (TPSA) is 58.9 Å². The van der Waals surface area contributed by atoms with Crippen molar-refractivity contribution in [3.05, 3.63) is 48.7 Å². The summed E-state index contributed by atoms with van der Waals surface area (Å²) in [6, 6.07) is 13.2. The number of aryl methyl sites for hydroxylation is 1. The van der Waals surface area contributed by atoms with Crippen LogP contribution in [0.1, 0.15) is 6.92 Å². The van der Waals surface area contributed by atoms with Crippen LogP contribution in [-0.2, 0) is 11.8 Å². The van der Waals surface area contributed by atoms with Gasteiger partial charge in [-0.3, -0.25) is 9.36 Å². The minimum absolute atomic E-state index is 0. The van der Waals surface area contributed by atoms with Crippen LogP contribution in [0.25, 0.3) is 16.9 Å². The third kappa shape index (κ3) is 3.94. The average Bonchev–Trinajstić information content (AvgIpc) is 2.98. The number of aromatic nitrogens is 2. The first-order valence-corrected chi connectivity index (χ1v) is 8.53. The molecule has 0 fully saturated rings. The number of carbonyl (C=O) groups is 2. The monoisotopic (exact) mass is 402 g/mol. The minimum atomic E-state index is -0.417. The second kappa shape index (κ2) is 8.31. The van der Waals surface area contributed by atoms with Crippen LogP contribution < -0.4 is 26.4 Å². The predicted molar refractivity (Wildman–Crippen MR) is 103 cm³/mol. The Morgan fingerprint density at radius 2 is 1.68 bits per heavy atom. The lowest BCUT2D eigenvalue weighted by atomic mass is 10.1. The largest absolute Gasteiger partial charge is 1.00 e. The maximum absolute atomic E-state index is 11.8. The molecule has 2 aromatic heterocycles. The van der Waals surface area contributed by atoms with E-state index in [0.29, 0.717) is 5.75 Å². The van der Waals surface area contributed by atoms with Crippen LogP contribution >= 0.6 is 0 Å². The maximum atomic E-state index is 11.8. The predicted octanol–water partition coefficient (Wildman–Crippen LogP) is -0.522. The lowest BCUT2D eigenvalue weighted by Crippen LogP contribution is -3.00. The molecular formula is C20H23ClN4O3. The number of rotatable bonds is 3. The average molecular weight is 403 g/mol. The molecule has 0 saturated heterocycles. The highest BCUT2D eigenvalue weighted by Crippen LogP contribution is 2.24. The molecule has 0 N–H and O–H groups in total. The molecule has 0 bridgehead atoms.